The molecule has 1 N–H and O–H groups in total. The number of rotatable bonds is 3. The lowest BCUT2D eigenvalue weighted by atomic mass is 9.95. The van der Waals surface area contributed by atoms with Gasteiger partial charge in [-0.15, -0.1) is 0 Å². The highest BCUT2D eigenvalue weighted by Gasteiger charge is 2.47. The van der Waals surface area contributed by atoms with Crippen LogP contribution in [0.2, 0.25) is 0 Å². The number of hydrogen-bond acceptors (Lipinski definition) is 2. The van der Waals surface area contributed by atoms with E-state index >= 15 is 0 Å². The first-order valence-electron chi connectivity index (χ1n) is 4.44. The number of carbonyl (C=O) groups is 2. The zero-order chi connectivity index (χ0) is 10.1. The van der Waals surface area contributed by atoms with Crippen molar-refractivity contribution in [2.24, 2.45) is 5.92 Å². The third-order valence-corrected chi connectivity index (χ3v) is 2.97. The number of aliphatic carboxylic acids is 1. The third-order valence-electron chi connectivity index (χ3n) is 2.97. The average molecular weight is 185 g/mol. The Hall–Kier alpha value is -1.06. The predicted octanol–water partition coefficient (Wildman–Crippen LogP) is 0.718. The van der Waals surface area contributed by atoms with Crippen LogP contribution in [0.15, 0.2) is 0 Å². The van der Waals surface area contributed by atoms with Crippen LogP contribution in [0.1, 0.15) is 26.2 Å². The molecule has 1 aliphatic rings. The Kier molecular flexibility index (Phi) is 2.59. The van der Waals surface area contributed by atoms with E-state index in [-0.39, 0.29) is 0 Å². The van der Waals surface area contributed by atoms with Crippen molar-refractivity contribution in [1.82, 2.24) is 4.90 Å². The van der Waals surface area contributed by atoms with Crippen molar-refractivity contribution in [3.63, 3.8) is 0 Å². The minimum Gasteiger partial charge on any atom is -0.479 e. The molecule has 0 radical (unpaired) electrons. The van der Waals surface area contributed by atoms with Gasteiger partial charge < -0.3 is 10.0 Å². The molecule has 1 aliphatic carbocycles. The first kappa shape index (κ1) is 10.0. The van der Waals surface area contributed by atoms with Crippen LogP contribution in [-0.4, -0.2) is 35.0 Å². The first-order chi connectivity index (χ1) is 6.03. The summed E-state index contributed by atoms with van der Waals surface area (Å²) in [7, 11) is 1.54. The van der Waals surface area contributed by atoms with Crippen LogP contribution in [0.4, 0.5) is 0 Å². The summed E-state index contributed by atoms with van der Waals surface area (Å²) in [6.07, 6.45) is 2.62. The molecule has 1 amide bonds. The van der Waals surface area contributed by atoms with E-state index in [0.717, 1.165) is 6.42 Å². The molecule has 0 bridgehead atoms. The van der Waals surface area contributed by atoms with Gasteiger partial charge in [0.15, 0.2) is 0 Å². The van der Waals surface area contributed by atoms with Crippen molar-refractivity contribution in [2.75, 3.05) is 7.05 Å². The average Bonchev–Trinajstić information content (AvgIpc) is 2.47. The molecular formula is C9H15NO3. The first-order valence-corrected chi connectivity index (χ1v) is 4.44. The lowest BCUT2D eigenvalue weighted by Crippen LogP contribution is -2.50. The fourth-order valence-electron chi connectivity index (χ4n) is 2.03. The summed E-state index contributed by atoms with van der Waals surface area (Å²) in [6, 6.07) is 0. The summed E-state index contributed by atoms with van der Waals surface area (Å²) < 4.78 is 0. The summed E-state index contributed by atoms with van der Waals surface area (Å²) in [4.78, 5) is 22.9. The number of carbonyl (C=O) groups excluding carboxylic acids is 1. The molecule has 0 heterocycles. The van der Waals surface area contributed by atoms with E-state index in [2.05, 4.69) is 0 Å². The molecule has 4 nitrogen and oxygen atoms in total. The Bertz CT molecular complexity index is 229. The topological polar surface area (TPSA) is 57.6 Å². The van der Waals surface area contributed by atoms with E-state index in [0.29, 0.717) is 25.2 Å². The number of carboxylic acid groups (broad SMARTS) is 1. The van der Waals surface area contributed by atoms with Gasteiger partial charge in [-0.3, -0.25) is 4.79 Å². The highest BCUT2D eigenvalue weighted by atomic mass is 16.4. The Balaban J connectivity index is 2.89. The molecule has 1 fully saturated rings. The Morgan fingerprint density at radius 2 is 2.31 bits per heavy atom. The minimum atomic E-state index is -0.943. The van der Waals surface area contributed by atoms with Crippen LogP contribution < -0.4 is 0 Å². The number of carboxylic acids is 1. The highest BCUT2D eigenvalue weighted by molar-refractivity contribution is 5.81. The van der Waals surface area contributed by atoms with Gasteiger partial charge in [-0.2, -0.15) is 0 Å². The molecule has 4 heteroatoms. The zero-order valence-corrected chi connectivity index (χ0v) is 7.99. The lowest BCUT2D eigenvalue weighted by Gasteiger charge is -2.31. The minimum absolute atomic E-state index is 0.387. The standard InChI is InChI=1S/C9H15NO3/c1-7-3-4-9(5-7,8(12)13)10(2)6-11/h6-7H,3-5H2,1-2H3,(H,12,13). The van der Waals surface area contributed by atoms with Gasteiger partial charge in [0.25, 0.3) is 0 Å². The molecule has 2 unspecified atom stereocenters. The molecule has 0 aliphatic heterocycles. The fourth-order valence-corrected chi connectivity index (χ4v) is 2.03. The third kappa shape index (κ3) is 1.53. The Morgan fingerprint density at radius 1 is 1.69 bits per heavy atom. The number of hydrogen-bond donors (Lipinski definition) is 1. The second-order valence-corrected chi connectivity index (χ2v) is 3.90. The summed E-state index contributed by atoms with van der Waals surface area (Å²) in [5.74, 6) is -0.495. The van der Waals surface area contributed by atoms with Gasteiger partial charge in [-0.1, -0.05) is 6.92 Å². The second-order valence-electron chi connectivity index (χ2n) is 3.90. The van der Waals surface area contributed by atoms with Gasteiger partial charge in [-0.05, 0) is 25.2 Å². The SMILES string of the molecule is CC1CCC(C(=O)O)(N(C)C=O)C1. The molecule has 1 rings (SSSR count). The van der Waals surface area contributed by atoms with E-state index in [1.807, 2.05) is 6.92 Å². The molecule has 0 aromatic rings. The van der Waals surface area contributed by atoms with Gasteiger partial charge in [0.05, 0.1) is 0 Å². The van der Waals surface area contributed by atoms with Crippen molar-refractivity contribution in [2.45, 2.75) is 31.7 Å². The summed E-state index contributed by atoms with van der Waals surface area (Å²) in [5, 5.41) is 9.08. The van der Waals surface area contributed by atoms with Crippen LogP contribution in [0.5, 0.6) is 0 Å². The van der Waals surface area contributed by atoms with Gasteiger partial charge in [0, 0.05) is 7.05 Å². The van der Waals surface area contributed by atoms with Gasteiger partial charge in [0.1, 0.15) is 5.54 Å². The van der Waals surface area contributed by atoms with Crippen LogP contribution >= 0.6 is 0 Å². The predicted molar refractivity (Wildman–Crippen MR) is 47.2 cm³/mol. The van der Waals surface area contributed by atoms with Crippen molar-refractivity contribution < 1.29 is 14.7 Å². The second kappa shape index (κ2) is 3.36. The monoisotopic (exact) mass is 185 g/mol. The maximum absolute atomic E-state index is 11.1. The summed E-state index contributed by atoms with van der Waals surface area (Å²) in [5.41, 5.74) is -0.943. The Morgan fingerprint density at radius 3 is 2.62 bits per heavy atom. The van der Waals surface area contributed by atoms with Crippen LogP contribution in [0.3, 0.4) is 0 Å². The largest absolute Gasteiger partial charge is 0.479 e. The van der Waals surface area contributed by atoms with Crippen LogP contribution in [0, 0.1) is 5.92 Å². The maximum Gasteiger partial charge on any atom is 0.329 e. The number of likely N-dealkylation sites (N-methyl/N-ethyl adjacent to an activating group) is 1. The van der Waals surface area contributed by atoms with E-state index in [9.17, 15) is 9.59 Å². The van der Waals surface area contributed by atoms with Gasteiger partial charge in [0.2, 0.25) is 6.41 Å². The molecule has 74 valence electrons. The molecule has 0 aromatic heterocycles. The normalized spacial score (nSPS) is 32.9. The van der Waals surface area contributed by atoms with Gasteiger partial charge in [-0.25, -0.2) is 4.79 Å². The van der Waals surface area contributed by atoms with Crippen molar-refractivity contribution in [1.29, 1.82) is 0 Å². The van der Waals surface area contributed by atoms with Gasteiger partial charge >= 0.3 is 5.97 Å². The van der Waals surface area contributed by atoms with Crippen molar-refractivity contribution in [3.8, 4) is 0 Å². The van der Waals surface area contributed by atoms with E-state index in [1.54, 1.807) is 7.05 Å². The molecule has 0 spiro atoms. The van der Waals surface area contributed by atoms with Crippen LogP contribution in [0.25, 0.3) is 0 Å². The molecule has 0 aromatic carbocycles. The van der Waals surface area contributed by atoms with Crippen molar-refractivity contribution in [3.05, 3.63) is 0 Å². The number of nitrogens with zero attached hydrogens (tertiary/aromatic N) is 1. The summed E-state index contributed by atoms with van der Waals surface area (Å²) >= 11 is 0. The highest BCUT2D eigenvalue weighted by Crippen LogP contribution is 2.37. The van der Waals surface area contributed by atoms with Crippen molar-refractivity contribution >= 4 is 12.4 Å². The summed E-state index contributed by atoms with van der Waals surface area (Å²) in [6.45, 7) is 2.02. The van der Waals surface area contributed by atoms with E-state index in [4.69, 9.17) is 5.11 Å². The quantitative estimate of drug-likeness (QED) is 0.659. The molecule has 0 saturated heterocycles. The van der Waals surface area contributed by atoms with E-state index < -0.39 is 11.5 Å². The van der Waals surface area contributed by atoms with Crippen LogP contribution in [-0.2, 0) is 9.59 Å². The maximum atomic E-state index is 11.1. The molecule has 2 atom stereocenters. The molecule has 13 heavy (non-hydrogen) atoms. The zero-order valence-electron chi connectivity index (χ0n) is 7.99. The lowest BCUT2D eigenvalue weighted by molar-refractivity contribution is -0.153. The molecular weight excluding hydrogens is 170 g/mol. The Labute approximate surface area is 77.5 Å². The smallest absolute Gasteiger partial charge is 0.329 e. The van der Waals surface area contributed by atoms with E-state index in [1.165, 1.54) is 4.90 Å². The fraction of sp³-hybridized carbons (Fsp3) is 0.778. The molecule has 1 saturated carbocycles. The number of amides is 1.